The van der Waals surface area contributed by atoms with E-state index in [1.165, 1.54) is 12.1 Å². The molecule has 88 valence electrons. The lowest BCUT2D eigenvalue weighted by Crippen LogP contribution is -2.02. The van der Waals surface area contributed by atoms with Gasteiger partial charge in [0.15, 0.2) is 0 Å². The van der Waals surface area contributed by atoms with Gasteiger partial charge in [-0.15, -0.1) is 0 Å². The van der Waals surface area contributed by atoms with Gasteiger partial charge in [-0.2, -0.15) is 0 Å². The fraction of sp³-hybridized carbons (Fsp3) is 0. The van der Waals surface area contributed by atoms with Gasteiger partial charge in [-0.1, -0.05) is 6.07 Å². The first kappa shape index (κ1) is 10.5. The third kappa shape index (κ3) is 1.47. The Morgan fingerprint density at radius 1 is 1.11 bits per heavy atom. The summed E-state index contributed by atoms with van der Waals surface area (Å²) in [6.07, 6.45) is 3.58. The molecule has 0 bridgehead atoms. The number of carboxylic acids is 1. The van der Waals surface area contributed by atoms with E-state index in [0.29, 0.717) is 10.9 Å². The number of aromatic carboxylic acids is 1. The van der Waals surface area contributed by atoms with Crippen LogP contribution >= 0.6 is 0 Å². The Morgan fingerprint density at radius 2 is 1.94 bits per heavy atom. The average molecular weight is 239 g/mol. The Labute approximate surface area is 102 Å². The predicted octanol–water partition coefficient (Wildman–Crippen LogP) is 2.15. The van der Waals surface area contributed by atoms with Gasteiger partial charge in [0.2, 0.25) is 5.43 Å². The highest BCUT2D eigenvalue weighted by Crippen LogP contribution is 2.13. The molecule has 2 heterocycles. The number of hydrogen-bond acceptors (Lipinski definition) is 2. The smallest absolute Gasteiger partial charge is 0.335 e. The quantitative estimate of drug-likeness (QED) is 0.707. The summed E-state index contributed by atoms with van der Waals surface area (Å²) >= 11 is 0. The summed E-state index contributed by atoms with van der Waals surface area (Å²) in [6, 6.07) is 9.88. The van der Waals surface area contributed by atoms with Gasteiger partial charge < -0.3 is 9.51 Å². The molecule has 2 aromatic heterocycles. The second kappa shape index (κ2) is 3.70. The zero-order valence-corrected chi connectivity index (χ0v) is 9.33. The van der Waals surface area contributed by atoms with E-state index in [4.69, 9.17) is 5.11 Å². The molecule has 18 heavy (non-hydrogen) atoms. The van der Waals surface area contributed by atoms with Gasteiger partial charge in [0.1, 0.15) is 0 Å². The topological polar surface area (TPSA) is 58.8 Å². The standard InChI is InChI=1S/C14H9NO3/c16-13-11-8-10(14(17)18)4-3-9(11)5-7-15-6-1-2-12(13)15/h1-8H,(H,17,18). The summed E-state index contributed by atoms with van der Waals surface area (Å²) in [5.41, 5.74) is 0.492. The first-order chi connectivity index (χ1) is 8.66. The second-order valence-electron chi connectivity index (χ2n) is 4.05. The minimum absolute atomic E-state index is 0.121. The first-order valence-electron chi connectivity index (χ1n) is 5.44. The first-order valence-corrected chi connectivity index (χ1v) is 5.44. The highest BCUT2D eigenvalue weighted by molar-refractivity contribution is 5.94. The SMILES string of the molecule is O=C(O)c1ccc2ccn3cccc3c(=O)c2c1. The summed E-state index contributed by atoms with van der Waals surface area (Å²) < 4.78 is 1.72. The minimum atomic E-state index is -1.03. The number of benzene rings is 1. The van der Waals surface area contributed by atoms with E-state index in [1.54, 1.807) is 41.1 Å². The van der Waals surface area contributed by atoms with E-state index < -0.39 is 5.97 Å². The van der Waals surface area contributed by atoms with E-state index in [-0.39, 0.29) is 11.0 Å². The van der Waals surface area contributed by atoms with Crippen molar-refractivity contribution in [3.63, 3.8) is 0 Å². The molecule has 0 unspecified atom stereocenters. The van der Waals surface area contributed by atoms with Crippen molar-refractivity contribution in [1.82, 2.24) is 4.40 Å². The molecule has 0 spiro atoms. The van der Waals surface area contributed by atoms with Crippen molar-refractivity contribution in [2.45, 2.75) is 0 Å². The van der Waals surface area contributed by atoms with Crippen molar-refractivity contribution in [2.75, 3.05) is 0 Å². The largest absolute Gasteiger partial charge is 0.478 e. The van der Waals surface area contributed by atoms with Crippen LogP contribution < -0.4 is 5.43 Å². The number of aromatic nitrogens is 1. The van der Waals surface area contributed by atoms with Crippen LogP contribution in [0.1, 0.15) is 10.4 Å². The number of rotatable bonds is 1. The number of nitrogens with zero attached hydrogens (tertiary/aromatic N) is 1. The molecular weight excluding hydrogens is 230 g/mol. The van der Waals surface area contributed by atoms with Crippen LogP contribution in [0.3, 0.4) is 0 Å². The number of carbonyl (C=O) groups is 1. The van der Waals surface area contributed by atoms with Gasteiger partial charge in [-0.3, -0.25) is 4.79 Å². The van der Waals surface area contributed by atoms with E-state index >= 15 is 0 Å². The van der Waals surface area contributed by atoms with E-state index in [2.05, 4.69) is 0 Å². The molecule has 1 aromatic carbocycles. The van der Waals surface area contributed by atoms with Gasteiger partial charge in [0.05, 0.1) is 11.1 Å². The zero-order chi connectivity index (χ0) is 12.7. The third-order valence-electron chi connectivity index (χ3n) is 2.97. The fourth-order valence-electron chi connectivity index (χ4n) is 2.05. The van der Waals surface area contributed by atoms with E-state index in [1.807, 2.05) is 0 Å². The van der Waals surface area contributed by atoms with Crippen LogP contribution in [0.4, 0.5) is 0 Å². The molecule has 0 saturated carbocycles. The van der Waals surface area contributed by atoms with E-state index in [9.17, 15) is 9.59 Å². The maximum atomic E-state index is 12.3. The number of fused-ring (bicyclic) bond motifs is 2. The summed E-state index contributed by atoms with van der Waals surface area (Å²) in [5.74, 6) is -1.03. The summed E-state index contributed by atoms with van der Waals surface area (Å²) in [6.45, 7) is 0. The lowest BCUT2D eigenvalue weighted by molar-refractivity contribution is 0.0697. The van der Waals surface area contributed by atoms with Crippen molar-refractivity contribution >= 4 is 22.3 Å². The van der Waals surface area contributed by atoms with Gasteiger partial charge in [-0.25, -0.2) is 4.79 Å². The van der Waals surface area contributed by atoms with Gasteiger partial charge >= 0.3 is 5.97 Å². The monoisotopic (exact) mass is 239 g/mol. The van der Waals surface area contributed by atoms with E-state index in [0.717, 1.165) is 5.39 Å². The molecule has 4 nitrogen and oxygen atoms in total. The maximum absolute atomic E-state index is 12.3. The Balaban J connectivity index is 2.54. The van der Waals surface area contributed by atoms with Crippen molar-refractivity contribution in [3.8, 4) is 0 Å². The molecule has 1 N–H and O–H groups in total. The molecule has 0 amide bonds. The number of carboxylic acid groups (broad SMARTS) is 1. The van der Waals surface area contributed by atoms with Crippen LogP contribution in [0.25, 0.3) is 16.3 Å². The van der Waals surface area contributed by atoms with Crippen molar-refractivity contribution in [2.24, 2.45) is 0 Å². The fourth-order valence-corrected chi connectivity index (χ4v) is 2.05. The molecule has 3 rings (SSSR count). The summed E-state index contributed by atoms with van der Waals surface area (Å²) in [4.78, 5) is 23.3. The Bertz CT molecular complexity index is 833. The highest BCUT2D eigenvalue weighted by Gasteiger charge is 2.07. The zero-order valence-electron chi connectivity index (χ0n) is 9.33. The lowest BCUT2D eigenvalue weighted by Gasteiger charge is -1.95. The molecule has 3 aromatic rings. The Kier molecular flexibility index (Phi) is 2.16. The summed E-state index contributed by atoms with van der Waals surface area (Å²) in [5, 5.41) is 10.1. The maximum Gasteiger partial charge on any atom is 0.335 e. The van der Waals surface area contributed by atoms with Crippen LogP contribution in [0.15, 0.2) is 53.6 Å². The molecule has 4 heteroatoms. The molecule has 0 aliphatic rings. The van der Waals surface area contributed by atoms with Crippen molar-refractivity contribution in [1.29, 1.82) is 0 Å². The molecule has 0 fully saturated rings. The van der Waals surface area contributed by atoms with Crippen LogP contribution in [-0.4, -0.2) is 15.5 Å². The van der Waals surface area contributed by atoms with Crippen LogP contribution in [-0.2, 0) is 0 Å². The second-order valence-corrected chi connectivity index (χ2v) is 4.05. The molecule has 0 aliphatic carbocycles. The Morgan fingerprint density at radius 3 is 2.72 bits per heavy atom. The van der Waals surface area contributed by atoms with Gasteiger partial charge in [0, 0.05) is 17.8 Å². The molecule has 0 saturated heterocycles. The van der Waals surface area contributed by atoms with Crippen LogP contribution in [0.5, 0.6) is 0 Å². The van der Waals surface area contributed by atoms with Gasteiger partial charge in [0.25, 0.3) is 0 Å². The molecular formula is C14H9NO3. The van der Waals surface area contributed by atoms with Crippen LogP contribution in [0, 0.1) is 0 Å². The van der Waals surface area contributed by atoms with Crippen molar-refractivity contribution < 1.29 is 9.90 Å². The average Bonchev–Trinajstić information content (AvgIpc) is 2.79. The third-order valence-corrected chi connectivity index (χ3v) is 2.97. The Hall–Kier alpha value is -2.62. The van der Waals surface area contributed by atoms with Crippen molar-refractivity contribution in [3.05, 3.63) is 64.6 Å². The minimum Gasteiger partial charge on any atom is -0.478 e. The molecule has 0 aliphatic heterocycles. The predicted molar refractivity (Wildman–Crippen MR) is 68.1 cm³/mol. The highest BCUT2D eigenvalue weighted by atomic mass is 16.4. The summed E-state index contributed by atoms with van der Waals surface area (Å²) in [7, 11) is 0. The van der Waals surface area contributed by atoms with Gasteiger partial charge in [-0.05, 0) is 35.7 Å². The molecule has 0 radical (unpaired) electrons. The molecule has 0 atom stereocenters. The normalized spacial score (nSPS) is 10.9. The van der Waals surface area contributed by atoms with Crippen LogP contribution in [0.2, 0.25) is 0 Å². The number of hydrogen-bond donors (Lipinski definition) is 1. The lowest BCUT2D eigenvalue weighted by atomic mass is 10.1.